The summed E-state index contributed by atoms with van der Waals surface area (Å²) >= 11 is 0. The first kappa shape index (κ1) is 16.9. The van der Waals surface area contributed by atoms with Crippen LogP contribution in [0.15, 0.2) is 0 Å². The molecule has 0 aromatic carbocycles. The van der Waals surface area contributed by atoms with E-state index in [0.717, 1.165) is 25.9 Å². The van der Waals surface area contributed by atoms with Crippen molar-refractivity contribution in [3.63, 3.8) is 0 Å². The van der Waals surface area contributed by atoms with Gasteiger partial charge in [-0.1, -0.05) is 13.3 Å². The molecular weight excluding hydrogens is 246 g/mol. The van der Waals surface area contributed by atoms with Gasteiger partial charge in [0.15, 0.2) is 0 Å². The molecule has 114 valence electrons. The molecule has 1 fully saturated rings. The molecule has 0 heterocycles. The van der Waals surface area contributed by atoms with Crippen molar-refractivity contribution in [1.82, 2.24) is 0 Å². The lowest BCUT2D eigenvalue weighted by molar-refractivity contribution is -0.0454. The van der Waals surface area contributed by atoms with Gasteiger partial charge in [0, 0.05) is 12.6 Å². The first-order chi connectivity index (χ1) is 9.33. The molecule has 0 aromatic heterocycles. The van der Waals surface area contributed by atoms with Crippen molar-refractivity contribution in [2.45, 2.75) is 44.8 Å². The molecule has 0 unspecified atom stereocenters. The van der Waals surface area contributed by atoms with Crippen LogP contribution in [0.2, 0.25) is 0 Å². The highest BCUT2D eigenvalue weighted by Gasteiger charge is 2.26. The summed E-state index contributed by atoms with van der Waals surface area (Å²) in [5.41, 5.74) is 5.67. The number of nitrogens with two attached hydrogens (primary N) is 1. The van der Waals surface area contributed by atoms with Gasteiger partial charge in [-0.05, 0) is 19.3 Å². The van der Waals surface area contributed by atoms with Gasteiger partial charge < -0.3 is 24.7 Å². The molecular formula is C14H29NO4. The maximum absolute atomic E-state index is 5.67. The van der Waals surface area contributed by atoms with Crippen molar-refractivity contribution in [2.75, 3.05) is 46.2 Å². The van der Waals surface area contributed by atoms with E-state index in [1.165, 1.54) is 6.42 Å². The number of ether oxygens (including phenoxy) is 4. The third-order valence-electron chi connectivity index (χ3n) is 3.10. The Morgan fingerprint density at radius 3 is 1.89 bits per heavy atom. The van der Waals surface area contributed by atoms with Gasteiger partial charge in [0.05, 0.1) is 45.7 Å². The molecule has 19 heavy (non-hydrogen) atoms. The zero-order chi connectivity index (χ0) is 13.8. The smallest absolute Gasteiger partial charge is 0.0704 e. The second kappa shape index (κ2) is 11.6. The molecule has 0 aromatic rings. The minimum Gasteiger partial charge on any atom is -0.379 e. The Balaban J connectivity index is 1.65. The highest BCUT2D eigenvalue weighted by molar-refractivity contribution is 4.82. The van der Waals surface area contributed by atoms with E-state index in [0.29, 0.717) is 51.8 Å². The topological polar surface area (TPSA) is 62.9 Å². The Morgan fingerprint density at radius 1 is 0.842 bits per heavy atom. The monoisotopic (exact) mass is 275 g/mol. The van der Waals surface area contributed by atoms with Crippen LogP contribution in [0.1, 0.15) is 32.6 Å². The highest BCUT2D eigenvalue weighted by Crippen LogP contribution is 2.20. The largest absolute Gasteiger partial charge is 0.379 e. The minimum atomic E-state index is 0.346. The molecule has 1 aliphatic carbocycles. The van der Waals surface area contributed by atoms with Gasteiger partial charge in [-0.25, -0.2) is 0 Å². The maximum Gasteiger partial charge on any atom is 0.0704 e. The molecule has 0 atom stereocenters. The van der Waals surface area contributed by atoms with E-state index in [1.807, 2.05) is 0 Å². The third-order valence-corrected chi connectivity index (χ3v) is 3.10. The lowest BCUT2D eigenvalue weighted by Gasteiger charge is -2.32. The Bertz CT molecular complexity index is 198. The van der Waals surface area contributed by atoms with Gasteiger partial charge in [-0.15, -0.1) is 0 Å². The lowest BCUT2D eigenvalue weighted by atomic mass is 9.90. The molecule has 0 saturated heterocycles. The molecule has 0 bridgehead atoms. The lowest BCUT2D eigenvalue weighted by Crippen LogP contribution is -2.42. The summed E-state index contributed by atoms with van der Waals surface area (Å²) in [5, 5.41) is 0. The van der Waals surface area contributed by atoms with Crippen LogP contribution in [-0.4, -0.2) is 58.4 Å². The quantitative estimate of drug-likeness (QED) is 0.514. The maximum atomic E-state index is 5.67. The van der Waals surface area contributed by atoms with Crippen LogP contribution in [0.25, 0.3) is 0 Å². The van der Waals surface area contributed by atoms with E-state index in [4.69, 9.17) is 24.7 Å². The summed E-state index contributed by atoms with van der Waals surface area (Å²) < 4.78 is 21.7. The molecule has 5 nitrogen and oxygen atoms in total. The van der Waals surface area contributed by atoms with Crippen molar-refractivity contribution in [3.05, 3.63) is 0 Å². The second-order valence-electron chi connectivity index (χ2n) is 4.91. The van der Waals surface area contributed by atoms with Crippen LogP contribution >= 0.6 is 0 Å². The molecule has 5 heteroatoms. The van der Waals surface area contributed by atoms with Crippen LogP contribution in [0.4, 0.5) is 0 Å². The molecule has 0 amide bonds. The standard InChI is InChI=1S/C14H29NO4/c1-2-3-4-16-5-6-17-7-8-18-9-10-19-14-11-13(15)12-14/h13-14H,2-12,15H2,1H3. The average molecular weight is 275 g/mol. The fourth-order valence-electron chi connectivity index (χ4n) is 1.80. The summed E-state index contributed by atoms with van der Waals surface area (Å²) in [6.45, 7) is 6.81. The van der Waals surface area contributed by atoms with Crippen LogP contribution in [0, 0.1) is 0 Å². The fourth-order valence-corrected chi connectivity index (χ4v) is 1.80. The number of rotatable bonds is 13. The fraction of sp³-hybridized carbons (Fsp3) is 1.00. The number of hydrogen-bond acceptors (Lipinski definition) is 5. The van der Waals surface area contributed by atoms with Crippen LogP contribution in [0.3, 0.4) is 0 Å². The van der Waals surface area contributed by atoms with E-state index < -0.39 is 0 Å². The Labute approximate surface area is 116 Å². The SMILES string of the molecule is CCCCOCCOCCOCCOC1CC(N)C1. The van der Waals surface area contributed by atoms with Gasteiger partial charge in [0.2, 0.25) is 0 Å². The molecule has 1 rings (SSSR count). The first-order valence-electron chi connectivity index (χ1n) is 7.43. The molecule has 1 aliphatic rings. The van der Waals surface area contributed by atoms with Gasteiger partial charge in [0.1, 0.15) is 0 Å². The number of unbranched alkanes of at least 4 members (excludes halogenated alkanes) is 1. The van der Waals surface area contributed by atoms with Gasteiger partial charge in [0.25, 0.3) is 0 Å². The van der Waals surface area contributed by atoms with Crippen molar-refractivity contribution < 1.29 is 18.9 Å². The van der Waals surface area contributed by atoms with E-state index >= 15 is 0 Å². The summed E-state index contributed by atoms with van der Waals surface area (Å²) in [6, 6.07) is 0.346. The number of hydrogen-bond donors (Lipinski definition) is 1. The van der Waals surface area contributed by atoms with Gasteiger partial charge in [-0.3, -0.25) is 0 Å². The predicted molar refractivity (Wildman–Crippen MR) is 74.3 cm³/mol. The first-order valence-corrected chi connectivity index (χ1v) is 7.43. The molecule has 0 spiro atoms. The van der Waals surface area contributed by atoms with Crippen molar-refractivity contribution >= 4 is 0 Å². The van der Waals surface area contributed by atoms with E-state index in [2.05, 4.69) is 6.92 Å². The van der Waals surface area contributed by atoms with Gasteiger partial charge >= 0.3 is 0 Å². The second-order valence-corrected chi connectivity index (χ2v) is 4.91. The zero-order valence-electron chi connectivity index (χ0n) is 12.1. The van der Waals surface area contributed by atoms with Crippen LogP contribution in [0.5, 0.6) is 0 Å². The Morgan fingerprint density at radius 2 is 1.37 bits per heavy atom. The van der Waals surface area contributed by atoms with E-state index in [-0.39, 0.29) is 0 Å². The van der Waals surface area contributed by atoms with Crippen molar-refractivity contribution in [1.29, 1.82) is 0 Å². The Hall–Kier alpha value is -0.200. The summed E-state index contributed by atoms with van der Waals surface area (Å²) in [7, 11) is 0. The van der Waals surface area contributed by atoms with Crippen molar-refractivity contribution in [2.24, 2.45) is 5.73 Å². The normalized spacial score (nSPS) is 22.4. The summed E-state index contributed by atoms with van der Waals surface area (Å²) in [6.07, 6.45) is 4.62. The zero-order valence-corrected chi connectivity index (χ0v) is 12.1. The minimum absolute atomic E-state index is 0.346. The van der Waals surface area contributed by atoms with Crippen molar-refractivity contribution in [3.8, 4) is 0 Å². The highest BCUT2D eigenvalue weighted by atomic mass is 16.6. The predicted octanol–water partition coefficient (Wildman–Crippen LogP) is 1.34. The molecule has 2 N–H and O–H groups in total. The third kappa shape index (κ3) is 9.35. The van der Waals surface area contributed by atoms with Crippen LogP contribution in [-0.2, 0) is 18.9 Å². The molecule has 1 saturated carbocycles. The molecule has 0 aliphatic heterocycles. The summed E-state index contributed by atoms with van der Waals surface area (Å²) in [5.74, 6) is 0. The average Bonchev–Trinajstić information content (AvgIpc) is 2.37. The Kier molecular flexibility index (Phi) is 10.3. The van der Waals surface area contributed by atoms with Crippen LogP contribution < -0.4 is 5.73 Å². The summed E-state index contributed by atoms with van der Waals surface area (Å²) in [4.78, 5) is 0. The van der Waals surface area contributed by atoms with Gasteiger partial charge in [-0.2, -0.15) is 0 Å². The molecule has 0 radical (unpaired) electrons. The van der Waals surface area contributed by atoms with E-state index in [9.17, 15) is 0 Å². The van der Waals surface area contributed by atoms with E-state index in [1.54, 1.807) is 0 Å².